The molecular formula is C11H23NO3. The topological polar surface area (TPSA) is 49.8 Å². The molecule has 4 heteroatoms. The number of rotatable bonds is 8. The molecule has 0 rings (SSSR count). The van der Waals surface area contributed by atoms with Crippen molar-refractivity contribution in [3.63, 3.8) is 0 Å². The van der Waals surface area contributed by atoms with E-state index in [1.807, 2.05) is 18.7 Å². The number of aliphatic carboxylic acids is 1. The van der Waals surface area contributed by atoms with E-state index >= 15 is 0 Å². The van der Waals surface area contributed by atoms with Crippen molar-refractivity contribution < 1.29 is 14.6 Å². The Morgan fingerprint density at radius 2 is 2.00 bits per heavy atom. The third-order valence-electron chi connectivity index (χ3n) is 2.12. The molecule has 0 radical (unpaired) electrons. The minimum atomic E-state index is -0.779. The van der Waals surface area contributed by atoms with Crippen molar-refractivity contribution in [3.8, 4) is 0 Å². The molecular weight excluding hydrogens is 194 g/mol. The lowest BCUT2D eigenvalue weighted by Crippen LogP contribution is -2.42. The van der Waals surface area contributed by atoms with Crippen LogP contribution >= 0.6 is 0 Å². The van der Waals surface area contributed by atoms with E-state index in [2.05, 4.69) is 13.8 Å². The van der Waals surface area contributed by atoms with Gasteiger partial charge in [0.1, 0.15) is 0 Å². The average molecular weight is 217 g/mol. The Bertz CT molecular complexity index is 183. The van der Waals surface area contributed by atoms with E-state index in [4.69, 9.17) is 9.84 Å². The summed E-state index contributed by atoms with van der Waals surface area (Å²) in [6, 6.07) is 0.156. The highest BCUT2D eigenvalue weighted by molar-refractivity contribution is 5.69. The molecule has 0 aliphatic heterocycles. The maximum Gasteiger partial charge on any atom is 0.317 e. The summed E-state index contributed by atoms with van der Waals surface area (Å²) >= 11 is 0. The molecule has 0 bridgehead atoms. The van der Waals surface area contributed by atoms with Crippen LogP contribution in [0.2, 0.25) is 0 Å². The first-order chi connectivity index (χ1) is 6.97. The monoisotopic (exact) mass is 217 g/mol. The van der Waals surface area contributed by atoms with Crippen LogP contribution in [0.3, 0.4) is 0 Å². The van der Waals surface area contributed by atoms with Gasteiger partial charge in [-0.1, -0.05) is 13.8 Å². The van der Waals surface area contributed by atoms with Gasteiger partial charge in [-0.25, -0.2) is 0 Å². The Kier molecular flexibility index (Phi) is 7.34. The molecule has 15 heavy (non-hydrogen) atoms. The highest BCUT2D eigenvalue weighted by atomic mass is 16.5. The summed E-state index contributed by atoms with van der Waals surface area (Å²) < 4.78 is 5.30. The van der Waals surface area contributed by atoms with Crippen molar-refractivity contribution in [1.29, 1.82) is 0 Å². The van der Waals surface area contributed by atoms with Gasteiger partial charge in [-0.3, -0.25) is 9.69 Å². The standard InChI is InChI=1S/C11H23NO3/c1-5-15-8-10(4)12(6-9(2)3)7-11(13)14/h9-10H,5-8H2,1-4H3,(H,13,14). The Hall–Kier alpha value is -0.610. The second-order valence-electron chi connectivity index (χ2n) is 4.23. The first-order valence-corrected chi connectivity index (χ1v) is 5.50. The van der Waals surface area contributed by atoms with E-state index in [0.29, 0.717) is 19.1 Å². The highest BCUT2D eigenvalue weighted by Gasteiger charge is 2.17. The van der Waals surface area contributed by atoms with Crippen molar-refractivity contribution in [3.05, 3.63) is 0 Å². The number of carboxylic acid groups (broad SMARTS) is 1. The first-order valence-electron chi connectivity index (χ1n) is 5.50. The highest BCUT2D eigenvalue weighted by Crippen LogP contribution is 2.04. The van der Waals surface area contributed by atoms with Crippen molar-refractivity contribution >= 4 is 5.97 Å². The van der Waals surface area contributed by atoms with Crippen LogP contribution in [0.15, 0.2) is 0 Å². The molecule has 4 nitrogen and oxygen atoms in total. The van der Waals surface area contributed by atoms with Gasteiger partial charge in [-0.2, -0.15) is 0 Å². The van der Waals surface area contributed by atoms with Gasteiger partial charge in [-0.05, 0) is 19.8 Å². The zero-order valence-electron chi connectivity index (χ0n) is 10.2. The van der Waals surface area contributed by atoms with Gasteiger partial charge in [0.2, 0.25) is 0 Å². The van der Waals surface area contributed by atoms with Gasteiger partial charge < -0.3 is 9.84 Å². The fraction of sp³-hybridized carbons (Fsp3) is 0.909. The van der Waals surface area contributed by atoms with Crippen LogP contribution in [-0.2, 0) is 9.53 Å². The third-order valence-corrected chi connectivity index (χ3v) is 2.12. The summed E-state index contributed by atoms with van der Waals surface area (Å²) in [6.45, 7) is 10.3. The molecule has 0 aliphatic rings. The van der Waals surface area contributed by atoms with E-state index in [-0.39, 0.29) is 12.6 Å². The van der Waals surface area contributed by atoms with Crippen molar-refractivity contribution in [2.45, 2.75) is 33.7 Å². The van der Waals surface area contributed by atoms with E-state index in [1.165, 1.54) is 0 Å². The number of hydrogen-bond donors (Lipinski definition) is 1. The Morgan fingerprint density at radius 1 is 1.40 bits per heavy atom. The van der Waals surface area contributed by atoms with Gasteiger partial charge in [0.25, 0.3) is 0 Å². The third kappa shape index (κ3) is 7.33. The number of carboxylic acids is 1. The summed E-state index contributed by atoms with van der Waals surface area (Å²) in [5.41, 5.74) is 0. The Balaban J connectivity index is 4.13. The molecule has 0 aromatic heterocycles. The molecule has 0 amide bonds. The molecule has 0 aromatic carbocycles. The lowest BCUT2D eigenvalue weighted by Gasteiger charge is -2.28. The smallest absolute Gasteiger partial charge is 0.317 e. The van der Waals surface area contributed by atoms with E-state index in [9.17, 15) is 4.79 Å². The molecule has 0 heterocycles. The van der Waals surface area contributed by atoms with Gasteiger partial charge in [0.15, 0.2) is 0 Å². The predicted octanol–water partition coefficient (Wildman–Crippen LogP) is 1.45. The summed E-state index contributed by atoms with van der Waals surface area (Å²) in [7, 11) is 0. The van der Waals surface area contributed by atoms with Crippen LogP contribution in [0.5, 0.6) is 0 Å². The molecule has 1 N–H and O–H groups in total. The summed E-state index contributed by atoms with van der Waals surface area (Å²) in [4.78, 5) is 12.6. The molecule has 1 unspecified atom stereocenters. The second kappa shape index (κ2) is 7.65. The Labute approximate surface area is 92.2 Å². The molecule has 0 aromatic rings. The fourth-order valence-corrected chi connectivity index (χ4v) is 1.44. The number of hydrogen-bond acceptors (Lipinski definition) is 3. The van der Waals surface area contributed by atoms with E-state index in [1.54, 1.807) is 0 Å². The van der Waals surface area contributed by atoms with Gasteiger partial charge >= 0.3 is 5.97 Å². The zero-order chi connectivity index (χ0) is 11.8. The minimum absolute atomic E-state index is 0.0897. The SMILES string of the molecule is CCOCC(C)N(CC(=O)O)CC(C)C. The summed E-state index contributed by atoms with van der Waals surface area (Å²) in [5.74, 6) is -0.313. The zero-order valence-corrected chi connectivity index (χ0v) is 10.2. The van der Waals surface area contributed by atoms with Crippen LogP contribution in [0.25, 0.3) is 0 Å². The van der Waals surface area contributed by atoms with Crippen LogP contribution < -0.4 is 0 Å². The van der Waals surface area contributed by atoms with Crippen LogP contribution in [-0.4, -0.2) is 48.3 Å². The van der Waals surface area contributed by atoms with Crippen LogP contribution in [0, 0.1) is 5.92 Å². The van der Waals surface area contributed by atoms with Gasteiger partial charge in [0, 0.05) is 19.2 Å². The van der Waals surface area contributed by atoms with E-state index in [0.717, 1.165) is 6.54 Å². The lowest BCUT2D eigenvalue weighted by atomic mass is 10.1. The van der Waals surface area contributed by atoms with Crippen LogP contribution in [0.1, 0.15) is 27.7 Å². The summed E-state index contributed by atoms with van der Waals surface area (Å²) in [5, 5.41) is 8.79. The van der Waals surface area contributed by atoms with Crippen LogP contribution in [0.4, 0.5) is 0 Å². The molecule has 90 valence electrons. The van der Waals surface area contributed by atoms with Crippen molar-refractivity contribution in [2.75, 3.05) is 26.3 Å². The molecule has 0 saturated carbocycles. The molecule has 1 atom stereocenters. The lowest BCUT2D eigenvalue weighted by molar-refractivity contribution is -0.139. The normalized spacial score (nSPS) is 13.5. The maximum absolute atomic E-state index is 10.7. The minimum Gasteiger partial charge on any atom is -0.480 e. The fourth-order valence-electron chi connectivity index (χ4n) is 1.44. The molecule has 0 spiro atoms. The van der Waals surface area contributed by atoms with Crippen molar-refractivity contribution in [2.24, 2.45) is 5.92 Å². The predicted molar refractivity (Wildman–Crippen MR) is 60.0 cm³/mol. The average Bonchev–Trinajstić information content (AvgIpc) is 2.11. The van der Waals surface area contributed by atoms with E-state index < -0.39 is 5.97 Å². The number of ether oxygens (including phenoxy) is 1. The van der Waals surface area contributed by atoms with Gasteiger partial charge in [-0.15, -0.1) is 0 Å². The molecule has 0 saturated heterocycles. The first kappa shape index (κ1) is 14.4. The maximum atomic E-state index is 10.7. The summed E-state index contributed by atoms with van der Waals surface area (Å²) in [6.07, 6.45) is 0. The largest absolute Gasteiger partial charge is 0.480 e. The number of carbonyl (C=O) groups is 1. The number of nitrogens with zero attached hydrogens (tertiary/aromatic N) is 1. The quantitative estimate of drug-likeness (QED) is 0.668. The van der Waals surface area contributed by atoms with Gasteiger partial charge in [0.05, 0.1) is 13.2 Å². The molecule has 0 aliphatic carbocycles. The Morgan fingerprint density at radius 3 is 2.40 bits per heavy atom. The molecule has 0 fully saturated rings. The van der Waals surface area contributed by atoms with Crippen molar-refractivity contribution in [1.82, 2.24) is 4.90 Å². The second-order valence-corrected chi connectivity index (χ2v) is 4.23.